The lowest BCUT2D eigenvalue weighted by Gasteiger charge is -2.21. The Balaban J connectivity index is 1.96. The van der Waals surface area contributed by atoms with E-state index >= 15 is 0 Å². The lowest BCUT2D eigenvalue weighted by molar-refractivity contribution is -0.143. The number of hydrogen-bond acceptors (Lipinski definition) is 6. The second-order valence-corrected chi connectivity index (χ2v) is 11.1. The SMILES string of the molecule is CCCN(CCC)S(=O)(=O)c1ccc(C(=O)N=c2sc3cc(Cl)ccc3n2CC(=O)OCC)cc1. The van der Waals surface area contributed by atoms with E-state index in [4.69, 9.17) is 16.3 Å². The predicted molar refractivity (Wildman–Crippen MR) is 137 cm³/mol. The number of aromatic nitrogens is 1. The Morgan fingerprint density at radius 3 is 2.31 bits per heavy atom. The number of fused-ring (bicyclic) bond motifs is 1. The fourth-order valence-electron chi connectivity index (χ4n) is 3.54. The highest BCUT2D eigenvalue weighted by atomic mass is 35.5. The maximum Gasteiger partial charge on any atom is 0.326 e. The molecule has 0 unspecified atom stereocenters. The molecule has 0 atom stereocenters. The number of sulfonamides is 1. The molecular weight excluding hydrogens is 510 g/mol. The second-order valence-electron chi connectivity index (χ2n) is 7.73. The van der Waals surface area contributed by atoms with Gasteiger partial charge in [-0.3, -0.25) is 9.59 Å². The average Bonchev–Trinajstić information content (AvgIpc) is 3.14. The largest absolute Gasteiger partial charge is 0.465 e. The monoisotopic (exact) mass is 537 g/mol. The van der Waals surface area contributed by atoms with Gasteiger partial charge in [-0.2, -0.15) is 9.30 Å². The Morgan fingerprint density at radius 2 is 1.71 bits per heavy atom. The van der Waals surface area contributed by atoms with Crippen LogP contribution in [0.25, 0.3) is 10.2 Å². The van der Waals surface area contributed by atoms with Gasteiger partial charge in [0.05, 0.1) is 21.7 Å². The normalized spacial score (nSPS) is 12.4. The molecule has 188 valence electrons. The molecule has 1 heterocycles. The van der Waals surface area contributed by atoms with Crippen molar-refractivity contribution in [3.8, 4) is 0 Å². The van der Waals surface area contributed by atoms with Crippen molar-refractivity contribution in [3.63, 3.8) is 0 Å². The molecular formula is C24H28ClN3O5S2. The highest BCUT2D eigenvalue weighted by Gasteiger charge is 2.23. The van der Waals surface area contributed by atoms with Crippen LogP contribution in [0.2, 0.25) is 5.02 Å². The van der Waals surface area contributed by atoms with Crippen molar-refractivity contribution >= 4 is 55.1 Å². The fraction of sp³-hybridized carbons (Fsp3) is 0.375. The Kier molecular flexibility index (Phi) is 9.23. The number of rotatable bonds is 10. The van der Waals surface area contributed by atoms with Crippen molar-refractivity contribution in [2.45, 2.75) is 45.1 Å². The van der Waals surface area contributed by atoms with Crippen LogP contribution in [0.5, 0.6) is 0 Å². The topological polar surface area (TPSA) is 98.0 Å². The van der Waals surface area contributed by atoms with E-state index in [0.29, 0.717) is 41.3 Å². The first-order valence-electron chi connectivity index (χ1n) is 11.3. The summed E-state index contributed by atoms with van der Waals surface area (Å²) in [5.41, 5.74) is 0.937. The molecule has 3 rings (SSSR count). The van der Waals surface area contributed by atoms with Gasteiger partial charge in [0.15, 0.2) is 4.80 Å². The van der Waals surface area contributed by atoms with Crippen LogP contribution in [-0.4, -0.2) is 48.9 Å². The van der Waals surface area contributed by atoms with Gasteiger partial charge in [-0.15, -0.1) is 0 Å². The number of carbonyl (C=O) groups is 2. The van der Waals surface area contributed by atoms with Gasteiger partial charge in [0.2, 0.25) is 10.0 Å². The van der Waals surface area contributed by atoms with E-state index in [2.05, 4.69) is 4.99 Å². The van der Waals surface area contributed by atoms with Crippen LogP contribution in [0.1, 0.15) is 44.0 Å². The Labute approximate surface area is 213 Å². The first kappa shape index (κ1) is 27.1. The zero-order valence-corrected chi connectivity index (χ0v) is 22.3. The molecule has 1 aromatic heterocycles. The van der Waals surface area contributed by atoms with E-state index in [1.807, 2.05) is 13.8 Å². The van der Waals surface area contributed by atoms with Crippen LogP contribution >= 0.6 is 22.9 Å². The maximum absolute atomic E-state index is 13.0. The summed E-state index contributed by atoms with van der Waals surface area (Å²) in [5, 5.41) is 0.525. The van der Waals surface area contributed by atoms with Crippen LogP contribution < -0.4 is 4.80 Å². The van der Waals surface area contributed by atoms with Crippen LogP contribution in [0.15, 0.2) is 52.4 Å². The number of esters is 1. The summed E-state index contributed by atoms with van der Waals surface area (Å²) in [6.07, 6.45) is 1.42. The molecule has 0 saturated heterocycles. The Morgan fingerprint density at radius 1 is 1.06 bits per heavy atom. The summed E-state index contributed by atoms with van der Waals surface area (Å²) in [6.45, 7) is 6.57. The first-order chi connectivity index (χ1) is 16.7. The number of amides is 1. The second kappa shape index (κ2) is 11.9. The third-order valence-electron chi connectivity index (χ3n) is 5.12. The molecule has 11 heteroatoms. The number of halogens is 1. The summed E-state index contributed by atoms with van der Waals surface area (Å²) in [4.78, 5) is 29.8. The highest BCUT2D eigenvalue weighted by molar-refractivity contribution is 7.89. The minimum absolute atomic E-state index is 0.108. The van der Waals surface area contributed by atoms with E-state index in [0.717, 1.165) is 4.70 Å². The first-order valence-corrected chi connectivity index (χ1v) is 14.0. The Hall–Kier alpha value is -2.53. The van der Waals surface area contributed by atoms with E-state index in [-0.39, 0.29) is 23.6 Å². The van der Waals surface area contributed by atoms with Crippen LogP contribution in [0, 0.1) is 0 Å². The number of ether oxygens (including phenoxy) is 1. The molecule has 0 spiro atoms. The summed E-state index contributed by atoms with van der Waals surface area (Å²) < 4.78 is 34.8. The standard InChI is InChI=1S/C24H28ClN3O5S2/c1-4-13-27(14-5-2)35(31,32)19-10-7-17(8-11-19)23(30)26-24-28(16-22(29)33-6-3)20-12-9-18(25)15-21(20)34-24/h7-12,15H,4-6,13-14,16H2,1-3H3. The molecule has 0 aliphatic carbocycles. The number of benzene rings is 2. The third kappa shape index (κ3) is 6.38. The van der Waals surface area contributed by atoms with E-state index < -0.39 is 21.9 Å². The molecule has 8 nitrogen and oxygen atoms in total. The zero-order valence-electron chi connectivity index (χ0n) is 19.9. The molecule has 0 saturated carbocycles. The molecule has 0 bridgehead atoms. The fourth-order valence-corrected chi connectivity index (χ4v) is 6.47. The third-order valence-corrected chi connectivity index (χ3v) is 8.31. The quantitative estimate of drug-likeness (QED) is 0.355. The minimum Gasteiger partial charge on any atom is -0.465 e. The molecule has 35 heavy (non-hydrogen) atoms. The molecule has 0 aliphatic rings. The van der Waals surface area contributed by atoms with E-state index in [9.17, 15) is 18.0 Å². The predicted octanol–water partition coefficient (Wildman–Crippen LogP) is 4.47. The van der Waals surface area contributed by atoms with Gasteiger partial charge in [-0.05, 0) is 62.2 Å². The van der Waals surface area contributed by atoms with Crippen LogP contribution in [0.3, 0.4) is 0 Å². The van der Waals surface area contributed by atoms with Gasteiger partial charge in [0.25, 0.3) is 5.91 Å². The van der Waals surface area contributed by atoms with Gasteiger partial charge in [-0.25, -0.2) is 8.42 Å². The molecule has 0 aliphatic heterocycles. The Bertz CT molecular complexity index is 1370. The number of nitrogens with zero attached hydrogens (tertiary/aromatic N) is 3. The molecule has 0 N–H and O–H groups in total. The van der Waals surface area contributed by atoms with Crippen molar-refractivity contribution in [1.82, 2.24) is 8.87 Å². The molecule has 1 amide bonds. The van der Waals surface area contributed by atoms with Crippen LogP contribution in [0.4, 0.5) is 0 Å². The molecule has 0 radical (unpaired) electrons. The van der Waals surface area contributed by atoms with Crippen molar-refractivity contribution in [3.05, 3.63) is 57.9 Å². The number of carbonyl (C=O) groups excluding carboxylic acids is 2. The van der Waals surface area contributed by atoms with Gasteiger partial charge >= 0.3 is 5.97 Å². The lowest BCUT2D eigenvalue weighted by atomic mass is 10.2. The lowest BCUT2D eigenvalue weighted by Crippen LogP contribution is -2.32. The zero-order chi connectivity index (χ0) is 25.6. The van der Waals surface area contributed by atoms with Gasteiger partial charge in [-0.1, -0.05) is 36.8 Å². The van der Waals surface area contributed by atoms with Crippen molar-refractivity contribution in [1.29, 1.82) is 0 Å². The van der Waals surface area contributed by atoms with E-state index in [1.54, 1.807) is 29.7 Å². The molecule has 3 aromatic rings. The smallest absolute Gasteiger partial charge is 0.326 e. The van der Waals surface area contributed by atoms with Crippen LogP contribution in [-0.2, 0) is 26.1 Å². The highest BCUT2D eigenvalue weighted by Crippen LogP contribution is 2.22. The van der Waals surface area contributed by atoms with Gasteiger partial charge < -0.3 is 9.30 Å². The van der Waals surface area contributed by atoms with Gasteiger partial charge in [0, 0.05) is 23.7 Å². The molecule has 2 aromatic carbocycles. The summed E-state index contributed by atoms with van der Waals surface area (Å²) in [7, 11) is -3.65. The average molecular weight is 538 g/mol. The summed E-state index contributed by atoms with van der Waals surface area (Å²) in [6, 6.07) is 11.0. The molecule has 0 fully saturated rings. The van der Waals surface area contributed by atoms with Crippen molar-refractivity contribution in [2.24, 2.45) is 4.99 Å². The summed E-state index contributed by atoms with van der Waals surface area (Å²) >= 11 is 7.33. The van der Waals surface area contributed by atoms with Gasteiger partial charge in [0.1, 0.15) is 6.54 Å². The maximum atomic E-state index is 13.0. The summed E-state index contributed by atoms with van der Waals surface area (Å²) in [5.74, 6) is -1.00. The van der Waals surface area contributed by atoms with Crippen molar-refractivity contribution in [2.75, 3.05) is 19.7 Å². The van der Waals surface area contributed by atoms with Crippen molar-refractivity contribution < 1.29 is 22.7 Å². The number of thiazole rings is 1. The minimum atomic E-state index is -3.65. The number of hydrogen-bond donors (Lipinski definition) is 0. The van der Waals surface area contributed by atoms with E-state index in [1.165, 1.54) is 39.9 Å².